The number of nitrogens with zero attached hydrogens (tertiary/aromatic N) is 3. The van der Waals surface area contributed by atoms with E-state index in [2.05, 4.69) is 21.4 Å². The summed E-state index contributed by atoms with van der Waals surface area (Å²) in [6.07, 6.45) is 0.887. The first-order valence-electron chi connectivity index (χ1n) is 7.74. The predicted octanol–water partition coefficient (Wildman–Crippen LogP) is -7.12. The molecule has 2 aromatic carbocycles. The van der Waals surface area contributed by atoms with Crippen molar-refractivity contribution in [3.05, 3.63) is 40.8 Å². The Morgan fingerprint density at radius 3 is 2.26 bits per heavy atom. The van der Waals surface area contributed by atoms with Crippen LogP contribution in [-0.2, 0) is 25.0 Å². The maximum Gasteiger partial charge on any atom is 1.00 e. The molecule has 0 radical (unpaired) electrons. The van der Waals surface area contributed by atoms with Crippen molar-refractivity contribution in [1.29, 1.82) is 0 Å². The Kier molecular flexibility index (Phi) is 15.7. The molecule has 0 heterocycles. The molecule has 0 aromatic heterocycles. The Bertz CT molecular complexity index is 1180. The number of carbonyl (C=O) groups excluding carboxylic acids is 1. The molecular weight excluding hydrogens is 481 g/mol. The van der Waals surface area contributed by atoms with Crippen molar-refractivity contribution in [2.75, 3.05) is 11.9 Å². The number of hydrogen-bond donors (Lipinski definition) is 1. The molecule has 1 amide bonds. The molecule has 16 heteroatoms. The third kappa shape index (κ3) is 9.98. The smallest absolute Gasteiger partial charge is 0.744 e. The molecule has 150 valence electrons. The molecule has 11 nitrogen and oxygen atoms in total. The van der Waals surface area contributed by atoms with Crippen LogP contribution < -0.4 is 94.0 Å². The molecule has 0 saturated heterocycles. The van der Waals surface area contributed by atoms with E-state index in [1.165, 1.54) is 12.1 Å². The van der Waals surface area contributed by atoms with Crippen LogP contribution in [0.1, 0.15) is 19.3 Å². The van der Waals surface area contributed by atoms with Crippen molar-refractivity contribution in [3.63, 3.8) is 0 Å². The van der Waals surface area contributed by atoms with Gasteiger partial charge in [-0.15, -0.1) is 5.39 Å². The van der Waals surface area contributed by atoms with Crippen molar-refractivity contribution >= 4 is 42.6 Å². The number of hydrogen-bond acceptors (Lipinski definition) is 8. The Hall–Kier alpha value is 0.300. The Morgan fingerprint density at radius 1 is 1.06 bits per heavy atom. The van der Waals surface area contributed by atoms with Gasteiger partial charge in [0.2, 0.25) is 5.91 Å². The molecule has 0 aliphatic heterocycles. The number of carbonyl (C=O) groups is 1. The average molecular weight is 494 g/mol. The monoisotopic (exact) mass is 494 g/mol. The van der Waals surface area contributed by atoms with E-state index in [1.54, 1.807) is 0 Å². The second kappa shape index (κ2) is 14.5. The largest absolute Gasteiger partial charge is 1.00 e. The zero-order valence-corrected chi connectivity index (χ0v) is 24.8. The van der Waals surface area contributed by atoms with Gasteiger partial charge in [0.25, 0.3) is 0 Å². The van der Waals surface area contributed by atoms with Gasteiger partial charge in [0.15, 0.2) is 0 Å². The predicted molar refractivity (Wildman–Crippen MR) is 95.2 cm³/mol. The summed E-state index contributed by atoms with van der Waals surface area (Å²) in [7, 11) is -10.2. The van der Waals surface area contributed by atoms with Gasteiger partial charge in [-0.3, -0.25) is 4.79 Å². The van der Waals surface area contributed by atoms with Gasteiger partial charge >= 0.3 is 88.7 Å². The van der Waals surface area contributed by atoms with Crippen LogP contribution in [0.5, 0.6) is 0 Å². The number of fused-ring (bicyclic) bond motifs is 1. The van der Waals surface area contributed by atoms with Gasteiger partial charge in [0.05, 0.1) is 0 Å². The van der Waals surface area contributed by atoms with Gasteiger partial charge in [0.1, 0.15) is 20.2 Å². The van der Waals surface area contributed by atoms with Crippen LogP contribution in [0.4, 0.5) is 5.69 Å². The van der Waals surface area contributed by atoms with Gasteiger partial charge in [-0.1, -0.05) is 22.3 Å². The van der Waals surface area contributed by atoms with Crippen molar-refractivity contribution in [2.45, 2.75) is 29.1 Å². The molecule has 0 atom stereocenters. The van der Waals surface area contributed by atoms with E-state index < -0.39 is 35.9 Å². The molecular formula is C15H13N4Na3O7S2. The van der Waals surface area contributed by atoms with Gasteiger partial charge in [-0.25, -0.2) is 16.8 Å². The average Bonchev–Trinajstić information content (AvgIpc) is 2.59. The molecule has 0 bridgehead atoms. The van der Waals surface area contributed by atoms with Crippen LogP contribution >= 0.6 is 0 Å². The van der Waals surface area contributed by atoms with Gasteiger partial charge in [0, 0.05) is 27.7 Å². The van der Waals surface area contributed by atoms with E-state index >= 15 is 0 Å². The van der Waals surface area contributed by atoms with E-state index in [-0.39, 0.29) is 118 Å². The van der Waals surface area contributed by atoms with Crippen LogP contribution in [0.15, 0.2) is 39.2 Å². The van der Waals surface area contributed by atoms with Crippen molar-refractivity contribution in [3.8, 4) is 0 Å². The molecule has 0 spiro atoms. The summed E-state index contributed by atoms with van der Waals surface area (Å²) in [5, 5.41) is 5.49. The molecule has 0 saturated carbocycles. The van der Waals surface area contributed by atoms with Crippen molar-refractivity contribution in [1.82, 2.24) is 0 Å². The number of amides is 1. The zero-order chi connectivity index (χ0) is 20.9. The first-order valence-corrected chi connectivity index (χ1v) is 10.6. The number of nitrogens with one attached hydrogen (secondary N) is 1. The Labute approximate surface area is 245 Å². The summed E-state index contributed by atoms with van der Waals surface area (Å²) in [4.78, 5) is 12.8. The molecule has 1 N–H and O–H groups in total. The minimum absolute atomic E-state index is 0. The summed E-state index contributed by atoms with van der Waals surface area (Å²) in [6.45, 7) is 0.219. The first-order chi connectivity index (χ1) is 13.0. The van der Waals surface area contributed by atoms with Crippen molar-refractivity contribution in [2.24, 2.45) is 5.11 Å². The van der Waals surface area contributed by atoms with Crippen LogP contribution in [-0.4, -0.2) is 38.4 Å². The molecule has 2 rings (SSSR count). The number of benzene rings is 2. The summed E-state index contributed by atoms with van der Waals surface area (Å²) in [5.41, 5.74) is 8.11. The maximum absolute atomic E-state index is 12.1. The number of azide groups is 1. The van der Waals surface area contributed by atoms with Crippen LogP contribution in [0.2, 0.25) is 0 Å². The summed E-state index contributed by atoms with van der Waals surface area (Å²) in [6, 6.07) is 6.37. The minimum Gasteiger partial charge on any atom is -0.744 e. The van der Waals surface area contributed by atoms with E-state index in [0.29, 0.717) is 18.9 Å². The topological polar surface area (TPSA) is 192 Å². The second-order valence-electron chi connectivity index (χ2n) is 5.62. The standard InChI is InChI=1S/C15H15N4O7S2.3Na/c16-19-17-7-2-1-6-14(20)18-12-5-3-4-10-8-11(27(21,22)23)9-13(15(10)12)28(24,25)26;;;/h4-5,8-9H,1-2,6-7H2,(H,18,20)(H,21,22,23)(H,24,25,26);;;/q-1;3*+1/p-2. The van der Waals surface area contributed by atoms with Crippen LogP contribution in [0, 0.1) is 6.07 Å². The van der Waals surface area contributed by atoms with E-state index in [9.17, 15) is 30.7 Å². The zero-order valence-electron chi connectivity index (χ0n) is 17.2. The maximum atomic E-state index is 12.1. The quantitative estimate of drug-likeness (QED) is 0.0716. The fourth-order valence-electron chi connectivity index (χ4n) is 2.47. The van der Waals surface area contributed by atoms with Gasteiger partial charge in [-0.2, -0.15) is 18.2 Å². The van der Waals surface area contributed by atoms with Crippen molar-refractivity contribution < 1.29 is 119 Å². The SMILES string of the molecule is [N-]=[N+]=NCCCCC(=O)Nc1c[c-]cc2cc(S(=O)(=O)[O-])cc(S(=O)(=O)[O-])c12.[Na+].[Na+].[Na+]. The minimum atomic E-state index is -5.16. The van der Waals surface area contributed by atoms with Gasteiger partial charge < -0.3 is 14.4 Å². The molecule has 0 aliphatic rings. The van der Waals surface area contributed by atoms with E-state index in [4.69, 9.17) is 5.53 Å². The molecule has 0 unspecified atom stereocenters. The molecule has 0 fully saturated rings. The first kappa shape index (κ1) is 33.5. The molecule has 0 aliphatic carbocycles. The fraction of sp³-hybridized carbons (Fsp3) is 0.267. The summed E-state index contributed by atoms with van der Waals surface area (Å²) in [5.74, 6) is -0.503. The third-order valence-corrected chi connectivity index (χ3v) is 5.32. The van der Waals surface area contributed by atoms with E-state index in [0.717, 1.165) is 6.07 Å². The summed E-state index contributed by atoms with van der Waals surface area (Å²) >= 11 is 0. The van der Waals surface area contributed by atoms with Crippen LogP contribution in [0.3, 0.4) is 0 Å². The summed E-state index contributed by atoms with van der Waals surface area (Å²) < 4.78 is 68.6. The number of rotatable bonds is 8. The number of anilines is 1. The molecule has 2 aromatic rings. The van der Waals surface area contributed by atoms with E-state index in [1.807, 2.05) is 0 Å². The number of unbranched alkanes of at least 4 members (excludes halogenated alkanes) is 1. The normalized spacial score (nSPS) is 10.6. The molecule has 31 heavy (non-hydrogen) atoms. The van der Waals surface area contributed by atoms with Crippen LogP contribution in [0.25, 0.3) is 21.2 Å². The third-order valence-electron chi connectivity index (χ3n) is 3.65. The Balaban J connectivity index is 0. The fourth-order valence-corrected chi connectivity index (χ4v) is 3.82. The Morgan fingerprint density at radius 2 is 1.71 bits per heavy atom. The van der Waals surface area contributed by atoms with Gasteiger partial charge in [-0.05, 0) is 24.4 Å². The second-order valence-corrected chi connectivity index (χ2v) is 8.35.